The van der Waals surface area contributed by atoms with Gasteiger partial charge in [0.05, 0.1) is 0 Å². The van der Waals surface area contributed by atoms with Gasteiger partial charge in [-0.3, -0.25) is 4.79 Å². The Morgan fingerprint density at radius 3 is 2.70 bits per heavy atom. The fraction of sp³-hybridized carbons (Fsp3) is 0.643. The van der Waals surface area contributed by atoms with Gasteiger partial charge in [-0.15, -0.1) is 0 Å². The Labute approximate surface area is 119 Å². The molecule has 2 rings (SSSR count). The van der Waals surface area contributed by atoms with Crippen molar-refractivity contribution in [2.75, 3.05) is 31.6 Å². The zero-order chi connectivity index (χ0) is 14.4. The lowest BCUT2D eigenvalue weighted by molar-refractivity contribution is -0.130. The molecule has 2 heterocycles. The molecule has 1 N–H and O–H groups in total. The van der Waals surface area contributed by atoms with Crippen molar-refractivity contribution in [3.05, 3.63) is 18.5 Å². The highest BCUT2D eigenvalue weighted by molar-refractivity contribution is 5.80. The fourth-order valence-corrected chi connectivity index (χ4v) is 2.29. The van der Waals surface area contributed by atoms with Crippen LogP contribution in [0.2, 0.25) is 0 Å². The zero-order valence-electron chi connectivity index (χ0n) is 12.1. The highest BCUT2D eigenvalue weighted by Crippen LogP contribution is 2.19. The summed E-state index contributed by atoms with van der Waals surface area (Å²) in [5, 5.41) is 2.94. The summed E-state index contributed by atoms with van der Waals surface area (Å²) in [5.41, 5.74) is 0. The number of ether oxygens (including phenoxy) is 1. The number of anilines is 1. The average Bonchev–Trinajstić information content (AvgIpc) is 2.53. The summed E-state index contributed by atoms with van der Waals surface area (Å²) in [6.45, 7) is 4.34. The molecule has 1 atom stereocenters. The van der Waals surface area contributed by atoms with E-state index in [1.165, 1.54) is 0 Å². The van der Waals surface area contributed by atoms with Gasteiger partial charge in [-0.2, -0.15) is 0 Å². The number of amides is 1. The number of carbonyl (C=O) groups excluding carboxylic acids is 1. The van der Waals surface area contributed by atoms with E-state index in [1.54, 1.807) is 26.4 Å². The maximum absolute atomic E-state index is 11.6. The van der Waals surface area contributed by atoms with Crippen molar-refractivity contribution < 1.29 is 9.53 Å². The lowest BCUT2D eigenvalue weighted by Gasteiger charge is -2.32. The molecule has 110 valence electrons. The van der Waals surface area contributed by atoms with E-state index in [2.05, 4.69) is 20.2 Å². The number of aromatic nitrogens is 2. The van der Waals surface area contributed by atoms with Crippen LogP contribution in [0.15, 0.2) is 18.5 Å². The monoisotopic (exact) mass is 278 g/mol. The quantitative estimate of drug-likeness (QED) is 0.864. The summed E-state index contributed by atoms with van der Waals surface area (Å²) in [6, 6.07) is 1.82. The Bertz CT molecular complexity index is 418. The van der Waals surface area contributed by atoms with E-state index in [0.717, 1.165) is 38.4 Å². The first-order valence-corrected chi connectivity index (χ1v) is 7.03. The molecule has 1 aromatic heterocycles. The molecule has 0 aromatic carbocycles. The summed E-state index contributed by atoms with van der Waals surface area (Å²) in [4.78, 5) is 22.4. The predicted octanol–water partition coefficient (Wildman–Crippen LogP) is 0.844. The number of carbonyl (C=O) groups is 1. The maximum atomic E-state index is 11.6. The van der Waals surface area contributed by atoms with E-state index < -0.39 is 0 Å². The standard InChI is InChI=1S/C14H22N4O2/c1-11(20-2)13(19)17-10-12-4-8-18(9-5-12)14-15-6-3-7-16-14/h3,6-7,11-12H,4-5,8-10H2,1-2H3,(H,17,19). The molecule has 20 heavy (non-hydrogen) atoms. The van der Waals surface area contributed by atoms with Gasteiger partial charge in [0.15, 0.2) is 0 Å². The van der Waals surface area contributed by atoms with Crippen LogP contribution in [0.1, 0.15) is 19.8 Å². The van der Waals surface area contributed by atoms with Crippen LogP contribution in [0.25, 0.3) is 0 Å². The van der Waals surface area contributed by atoms with E-state index in [-0.39, 0.29) is 12.0 Å². The number of hydrogen-bond acceptors (Lipinski definition) is 5. The van der Waals surface area contributed by atoms with Crippen molar-refractivity contribution in [3.8, 4) is 0 Å². The molecule has 0 spiro atoms. The van der Waals surface area contributed by atoms with Crippen molar-refractivity contribution in [2.45, 2.75) is 25.9 Å². The van der Waals surface area contributed by atoms with Crippen LogP contribution < -0.4 is 10.2 Å². The van der Waals surface area contributed by atoms with Crippen LogP contribution in [-0.2, 0) is 9.53 Å². The normalized spacial score (nSPS) is 17.8. The minimum atomic E-state index is -0.382. The summed E-state index contributed by atoms with van der Waals surface area (Å²) in [6.07, 6.45) is 5.23. The highest BCUT2D eigenvalue weighted by atomic mass is 16.5. The number of nitrogens with one attached hydrogen (secondary N) is 1. The second-order valence-corrected chi connectivity index (χ2v) is 5.10. The van der Waals surface area contributed by atoms with Crippen molar-refractivity contribution >= 4 is 11.9 Å². The number of nitrogens with zero attached hydrogens (tertiary/aromatic N) is 3. The SMILES string of the molecule is COC(C)C(=O)NCC1CCN(c2ncccn2)CC1. The van der Waals surface area contributed by atoms with Crippen molar-refractivity contribution in [1.29, 1.82) is 0 Å². The lowest BCUT2D eigenvalue weighted by Crippen LogP contribution is -2.41. The van der Waals surface area contributed by atoms with E-state index in [1.807, 2.05) is 6.07 Å². The molecule has 1 unspecified atom stereocenters. The summed E-state index contributed by atoms with van der Waals surface area (Å²) in [5.74, 6) is 1.27. The van der Waals surface area contributed by atoms with Crippen molar-refractivity contribution in [1.82, 2.24) is 15.3 Å². The van der Waals surface area contributed by atoms with Gasteiger partial charge in [-0.1, -0.05) is 0 Å². The minimum Gasteiger partial charge on any atom is -0.372 e. The first kappa shape index (κ1) is 14.7. The number of methoxy groups -OCH3 is 1. The van der Waals surface area contributed by atoms with Gasteiger partial charge in [0.2, 0.25) is 11.9 Å². The molecule has 1 aromatic rings. The maximum Gasteiger partial charge on any atom is 0.248 e. The van der Waals surface area contributed by atoms with E-state index in [4.69, 9.17) is 4.74 Å². The second kappa shape index (κ2) is 7.19. The van der Waals surface area contributed by atoms with E-state index >= 15 is 0 Å². The lowest BCUT2D eigenvalue weighted by atomic mass is 9.97. The van der Waals surface area contributed by atoms with E-state index in [9.17, 15) is 4.79 Å². The van der Waals surface area contributed by atoms with Gasteiger partial charge >= 0.3 is 0 Å². The van der Waals surface area contributed by atoms with Gasteiger partial charge in [-0.25, -0.2) is 9.97 Å². The Kier molecular flexibility index (Phi) is 5.29. The predicted molar refractivity (Wildman–Crippen MR) is 76.4 cm³/mol. The van der Waals surface area contributed by atoms with Gasteiger partial charge < -0.3 is 15.0 Å². The number of hydrogen-bond donors (Lipinski definition) is 1. The molecule has 0 radical (unpaired) electrons. The van der Waals surface area contributed by atoms with Crippen molar-refractivity contribution in [2.24, 2.45) is 5.92 Å². The molecule has 1 aliphatic rings. The molecular formula is C14H22N4O2. The van der Waals surface area contributed by atoms with Crippen LogP contribution in [0, 0.1) is 5.92 Å². The number of piperidine rings is 1. The molecule has 0 saturated carbocycles. The molecule has 0 aliphatic carbocycles. The molecular weight excluding hydrogens is 256 g/mol. The van der Waals surface area contributed by atoms with Gasteiger partial charge in [0, 0.05) is 39.1 Å². The molecule has 6 nitrogen and oxygen atoms in total. The van der Waals surface area contributed by atoms with Crippen LogP contribution in [0.5, 0.6) is 0 Å². The summed E-state index contributed by atoms with van der Waals surface area (Å²) < 4.78 is 4.99. The Morgan fingerprint density at radius 1 is 1.45 bits per heavy atom. The molecule has 1 amide bonds. The molecule has 6 heteroatoms. The Hall–Kier alpha value is -1.69. The smallest absolute Gasteiger partial charge is 0.248 e. The number of rotatable bonds is 5. The fourth-order valence-electron chi connectivity index (χ4n) is 2.29. The van der Waals surface area contributed by atoms with Gasteiger partial charge in [0.25, 0.3) is 0 Å². The van der Waals surface area contributed by atoms with Crippen LogP contribution in [0.4, 0.5) is 5.95 Å². The molecule has 1 saturated heterocycles. The zero-order valence-corrected chi connectivity index (χ0v) is 12.1. The third kappa shape index (κ3) is 3.90. The van der Waals surface area contributed by atoms with Crippen LogP contribution >= 0.6 is 0 Å². The van der Waals surface area contributed by atoms with Gasteiger partial charge in [0.1, 0.15) is 6.10 Å². The highest BCUT2D eigenvalue weighted by Gasteiger charge is 2.21. The summed E-state index contributed by atoms with van der Waals surface area (Å²) in [7, 11) is 1.54. The minimum absolute atomic E-state index is 0.0404. The topological polar surface area (TPSA) is 67.3 Å². The Balaban J connectivity index is 1.73. The third-order valence-electron chi connectivity index (χ3n) is 3.74. The largest absolute Gasteiger partial charge is 0.372 e. The third-order valence-corrected chi connectivity index (χ3v) is 3.74. The average molecular weight is 278 g/mol. The summed E-state index contributed by atoms with van der Waals surface area (Å²) >= 11 is 0. The molecule has 1 fully saturated rings. The first-order chi connectivity index (χ1) is 9.70. The van der Waals surface area contributed by atoms with Crippen molar-refractivity contribution in [3.63, 3.8) is 0 Å². The second-order valence-electron chi connectivity index (χ2n) is 5.10. The molecule has 0 bridgehead atoms. The first-order valence-electron chi connectivity index (χ1n) is 7.03. The van der Waals surface area contributed by atoms with E-state index in [0.29, 0.717) is 5.92 Å². The Morgan fingerprint density at radius 2 is 2.10 bits per heavy atom. The van der Waals surface area contributed by atoms with Crippen LogP contribution in [-0.4, -0.2) is 48.7 Å². The van der Waals surface area contributed by atoms with Gasteiger partial charge in [-0.05, 0) is 31.7 Å². The van der Waals surface area contributed by atoms with Crippen LogP contribution in [0.3, 0.4) is 0 Å². The molecule has 1 aliphatic heterocycles.